The molecule has 0 radical (unpaired) electrons. The molecule has 0 bridgehead atoms. The highest BCUT2D eigenvalue weighted by molar-refractivity contribution is 5.02. The van der Waals surface area contributed by atoms with Crippen LogP contribution in [0.1, 0.15) is 20.3 Å². The van der Waals surface area contributed by atoms with Crippen LogP contribution < -0.4 is 9.47 Å². The lowest BCUT2D eigenvalue weighted by Crippen LogP contribution is -2.28. The van der Waals surface area contributed by atoms with Gasteiger partial charge in [0.25, 0.3) is 0 Å². The van der Waals surface area contributed by atoms with E-state index in [4.69, 9.17) is 4.74 Å². The lowest BCUT2D eigenvalue weighted by molar-refractivity contribution is -0.612. The molecule has 0 aromatic carbocycles. The van der Waals surface area contributed by atoms with Gasteiger partial charge in [-0.1, -0.05) is 13.8 Å². The Morgan fingerprint density at radius 2 is 2.23 bits per heavy atom. The van der Waals surface area contributed by atoms with Gasteiger partial charge in [0, 0.05) is 6.07 Å². The topological polar surface area (TPSA) is 36.2 Å². The van der Waals surface area contributed by atoms with Gasteiger partial charge in [-0.2, -0.15) is 0 Å². The van der Waals surface area contributed by atoms with E-state index < -0.39 is 0 Å². The van der Waals surface area contributed by atoms with Crippen molar-refractivity contribution < 1.29 is 9.47 Å². The Kier molecular flexibility index (Phi) is 3.55. The summed E-state index contributed by atoms with van der Waals surface area (Å²) < 4.78 is 6.03. The summed E-state index contributed by atoms with van der Waals surface area (Å²) in [4.78, 5) is 0. The van der Waals surface area contributed by atoms with Gasteiger partial charge in [-0.05, 0) is 18.4 Å². The molecule has 0 aliphatic heterocycles. The predicted molar refractivity (Wildman–Crippen MR) is 50.4 cm³/mol. The molecule has 3 heteroatoms. The molecule has 0 atom stereocenters. The summed E-state index contributed by atoms with van der Waals surface area (Å²) in [5.41, 5.74) is 0. The SMILES string of the molecule is CC(C)CCOc1cccc[n+]1[O-]. The van der Waals surface area contributed by atoms with Crippen LogP contribution >= 0.6 is 0 Å². The van der Waals surface area contributed by atoms with Gasteiger partial charge in [-0.25, -0.2) is 0 Å². The number of hydrogen-bond acceptors (Lipinski definition) is 2. The van der Waals surface area contributed by atoms with Gasteiger partial charge in [-0.15, -0.1) is 4.73 Å². The normalized spacial score (nSPS) is 10.4. The Hall–Kier alpha value is -1.25. The molecule has 13 heavy (non-hydrogen) atoms. The van der Waals surface area contributed by atoms with Crippen LogP contribution in [0.15, 0.2) is 24.4 Å². The Morgan fingerprint density at radius 1 is 1.46 bits per heavy atom. The maximum atomic E-state index is 11.1. The van der Waals surface area contributed by atoms with Crippen molar-refractivity contribution in [2.24, 2.45) is 5.92 Å². The van der Waals surface area contributed by atoms with Crippen molar-refractivity contribution in [2.45, 2.75) is 20.3 Å². The summed E-state index contributed by atoms with van der Waals surface area (Å²) in [6.45, 7) is 4.85. The lowest BCUT2D eigenvalue weighted by Gasteiger charge is -2.07. The van der Waals surface area contributed by atoms with E-state index in [1.165, 1.54) is 6.20 Å². The maximum absolute atomic E-state index is 11.1. The molecule has 1 aromatic rings. The van der Waals surface area contributed by atoms with Crippen molar-refractivity contribution in [3.63, 3.8) is 0 Å². The smallest absolute Gasteiger partial charge is 0.379 e. The van der Waals surface area contributed by atoms with Gasteiger partial charge in [0.2, 0.25) is 0 Å². The van der Waals surface area contributed by atoms with Gasteiger partial charge < -0.3 is 9.94 Å². The average Bonchev–Trinajstić information content (AvgIpc) is 2.08. The molecule has 0 saturated heterocycles. The highest BCUT2D eigenvalue weighted by atomic mass is 16.5. The third-order valence-corrected chi connectivity index (χ3v) is 1.73. The molecule has 3 nitrogen and oxygen atoms in total. The largest absolute Gasteiger partial charge is 0.616 e. The van der Waals surface area contributed by atoms with E-state index in [2.05, 4.69) is 13.8 Å². The molecule has 0 unspecified atom stereocenters. The monoisotopic (exact) mass is 181 g/mol. The molecule has 0 aliphatic rings. The minimum absolute atomic E-state index is 0.378. The molecule has 0 spiro atoms. The average molecular weight is 181 g/mol. The quantitative estimate of drug-likeness (QED) is 0.524. The van der Waals surface area contributed by atoms with Gasteiger partial charge >= 0.3 is 5.88 Å². The fourth-order valence-corrected chi connectivity index (χ4v) is 0.924. The number of rotatable bonds is 4. The molecule has 1 rings (SSSR count). The summed E-state index contributed by atoms with van der Waals surface area (Å²) in [6.07, 6.45) is 2.40. The van der Waals surface area contributed by atoms with Crippen molar-refractivity contribution in [3.8, 4) is 5.88 Å². The summed E-state index contributed by atoms with van der Waals surface area (Å²) in [7, 11) is 0. The van der Waals surface area contributed by atoms with Crippen LogP contribution in [0.4, 0.5) is 0 Å². The standard InChI is InChI=1S/C10H15NO2/c1-9(2)6-8-13-10-5-3-4-7-11(10)12/h3-5,7,9H,6,8H2,1-2H3. The van der Waals surface area contributed by atoms with E-state index in [1.54, 1.807) is 18.2 Å². The number of aromatic nitrogens is 1. The molecule has 0 saturated carbocycles. The summed E-state index contributed by atoms with van der Waals surface area (Å²) in [6, 6.07) is 5.15. The number of ether oxygens (including phenoxy) is 1. The van der Waals surface area contributed by atoms with E-state index in [9.17, 15) is 5.21 Å². The lowest BCUT2D eigenvalue weighted by atomic mass is 10.1. The number of pyridine rings is 1. The molecule has 0 amide bonds. The molecule has 0 aliphatic carbocycles. The van der Waals surface area contributed by atoms with Crippen LogP contribution in [0.25, 0.3) is 0 Å². The van der Waals surface area contributed by atoms with Gasteiger partial charge in [0.1, 0.15) is 0 Å². The third kappa shape index (κ3) is 3.32. The van der Waals surface area contributed by atoms with Crippen molar-refractivity contribution in [2.75, 3.05) is 6.61 Å². The minimum atomic E-state index is 0.378. The van der Waals surface area contributed by atoms with Gasteiger partial charge in [0.15, 0.2) is 6.20 Å². The molecule has 0 fully saturated rings. The first-order chi connectivity index (χ1) is 6.20. The predicted octanol–water partition coefficient (Wildman–Crippen LogP) is 1.74. The number of nitrogens with zero attached hydrogens (tertiary/aromatic N) is 1. The van der Waals surface area contributed by atoms with Crippen molar-refractivity contribution >= 4 is 0 Å². The van der Waals surface area contributed by atoms with Crippen molar-refractivity contribution in [3.05, 3.63) is 29.6 Å². The Balaban J connectivity index is 2.41. The van der Waals surface area contributed by atoms with Crippen LogP contribution in [0.5, 0.6) is 5.88 Å². The van der Waals surface area contributed by atoms with E-state index in [1.807, 2.05) is 0 Å². The van der Waals surface area contributed by atoms with E-state index in [0.29, 0.717) is 18.4 Å². The molecule has 72 valence electrons. The second-order valence-corrected chi connectivity index (χ2v) is 3.40. The Morgan fingerprint density at radius 3 is 2.85 bits per heavy atom. The second-order valence-electron chi connectivity index (χ2n) is 3.40. The Bertz CT molecular complexity index is 261. The van der Waals surface area contributed by atoms with Crippen molar-refractivity contribution in [1.82, 2.24) is 0 Å². The fourth-order valence-electron chi connectivity index (χ4n) is 0.924. The zero-order chi connectivity index (χ0) is 9.68. The first-order valence-electron chi connectivity index (χ1n) is 4.51. The second kappa shape index (κ2) is 4.70. The Labute approximate surface area is 78.5 Å². The molecule has 1 aromatic heterocycles. The summed E-state index contributed by atoms with van der Waals surface area (Å²) in [5, 5.41) is 11.1. The zero-order valence-electron chi connectivity index (χ0n) is 8.06. The van der Waals surface area contributed by atoms with Crippen LogP contribution in [0.2, 0.25) is 0 Å². The van der Waals surface area contributed by atoms with E-state index in [-0.39, 0.29) is 0 Å². The van der Waals surface area contributed by atoms with E-state index in [0.717, 1.165) is 11.2 Å². The third-order valence-electron chi connectivity index (χ3n) is 1.73. The first-order valence-corrected chi connectivity index (χ1v) is 4.51. The van der Waals surface area contributed by atoms with Crippen LogP contribution in [0.3, 0.4) is 0 Å². The molecular weight excluding hydrogens is 166 g/mol. The van der Waals surface area contributed by atoms with Gasteiger partial charge in [-0.3, -0.25) is 0 Å². The number of hydrogen-bond donors (Lipinski definition) is 0. The highest BCUT2D eigenvalue weighted by Crippen LogP contribution is 2.04. The maximum Gasteiger partial charge on any atom is 0.379 e. The van der Waals surface area contributed by atoms with E-state index >= 15 is 0 Å². The van der Waals surface area contributed by atoms with Crippen LogP contribution in [0, 0.1) is 11.1 Å². The molecular formula is C10H15NO2. The first kappa shape index (κ1) is 9.84. The molecule has 1 heterocycles. The zero-order valence-corrected chi connectivity index (χ0v) is 8.06. The summed E-state index contributed by atoms with van der Waals surface area (Å²) >= 11 is 0. The van der Waals surface area contributed by atoms with Gasteiger partial charge in [0.05, 0.1) is 12.7 Å². The molecule has 0 N–H and O–H groups in total. The van der Waals surface area contributed by atoms with Crippen molar-refractivity contribution in [1.29, 1.82) is 0 Å². The summed E-state index contributed by atoms with van der Waals surface area (Å²) in [5.74, 6) is 0.979. The van der Waals surface area contributed by atoms with Crippen LogP contribution in [-0.2, 0) is 0 Å². The highest BCUT2D eigenvalue weighted by Gasteiger charge is 2.03. The van der Waals surface area contributed by atoms with Crippen LogP contribution in [-0.4, -0.2) is 6.61 Å². The fraction of sp³-hybridized carbons (Fsp3) is 0.500. The minimum Gasteiger partial charge on any atom is -0.616 e.